The fraction of sp³-hybridized carbons (Fsp3) is 0.833. The summed E-state index contributed by atoms with van der Waals surface area (Å²) in [7, 11) is 1.64. The Labute approximate surface area is 107 Å². The van der Waals surface area contributed by atoms with E-state index in [1.54, 1.807) is 12.0 Å². The van der Waals surface area contributed by atoms with E-state index in [1.807, 2.05) is 6.92 Å². The van der Waals surface area contributed by atoms with Gasteiger partial charge < -0.3 is 20.1 Å². The molecule has 2 amide bonds. The average Bonchev–Trinajstić information content (AvgIpc) is 2.77. The first kappa shape index (κ1) is 14.8. The maximum Gasteiger partial charge on any atom is 0.326 e. The summed E-state index contributed by atoms with van der Waals surface area (Å²) < 4.78 is 5.06. The van der Waals surface area contributed by atoms with Crippen LogP contribution < -0.4 is 5.32 Å². The highest BCUT2D eigenvalue weighted by atomic mass is 16.5. The fourth-order valence-corrected chi connectivity index (χ4v) is 2.18. The molecule has 0 radical (unpaired) electrons. The van der Waals surface area contributed by atoms with Gasteiger partial charge in [0.15, 0.2) is 0 Å². The van der Waals surface area contributed by atoms with Gasteiger partial charge in [0, 0.05) is 26.1 Å². The molecule has 0 aromatic heterocycles. The van der Waals surface area contributed by atoms with Crippen LogP contribution in [-0.4, -0.2) is 54.9 Å². The van der Waals surface area contributed by atoms with Crippen LogP contribution >= 0.6 is 0 Å². The van der Waals surface area contributed by atoms with Crippen LogP contribution in [0.3, 0.4) is 0 Å². The van der Waals surface area contributed by atoms with E-state index in [0.29, 0.717) is 32.0 Å². The van der Waals surface area contributed by atoms with Gasteiger partial charge in [-0.05, 0) is 12.8 Å². The monoisotopic (exact) mass is 258 g/mol. The van der Waals surface area contributed by atoms with E-state index >= 15 is 0 Å². The van der Waals surface area contributed by atoms with Crippen LogP contribution in [0.25, 0.3) is 0 Å². The summed E-state index contributed by atoms with van der Waals surface area (Å²) in [6, 6.07) is -1.07. The molecule has 2 unspecified atom stereocenters. The molecule has 1 saturated heterocycles. The second-order valence-electron chi connectivity index (χ2n) is 4.69. The van der Waals surface area contributed by atoms with Gasteiger partial charge in [-0.1, -0.05) is 13.3 Å². The Morgan fingerprint density at radius 1 is 1.56 bits per heavy atom. The molecule has 2 N–H and O–H groups in total. The van der Waals surface area contributed by atoms with Gasteiger partial charge in [0.1, 0.15) is 6.04 Å². The number of ether oxygens (including phenoxy) is 1. The van der Waals surface area contributed by atoms with Crippen molar-refractivity contribution < 1.29 is 19.4 Å². The van der Waals surface area contributed by atoms with E-state index in [-0.39, 0.29) is 6.03 Å². The first-order chi connectivity index (χ1) is 8.58. The van der Waals surface area contributed by atoms with Gasteiger partial charge in [-0.25, -0.2) is 9.59 Å². The van der Waals surface area contributed by atoms with Crippen molar-refractivity contribution in [1.82, 2.24) is 10.2 Å². The highest BCUT2D eigenvalue weighted by Gasteiger charge is 2.28. The predicted octanol–water partition coefficient (Wildman–Crippen LogP) is 0.918. The van der Waals surface area contributed by atoms with Crippen molar-refractivity contribution in [1.29, 1.82) is 0 Å². The lowest BCUT2D eigenvalue weighted by Gasteiger charge is -2.20. The summed E-state index contributed by atoms with van der Waals surface area (Å²) in [5, 5.41) is 11.5. The van der Waals surface area contributed by atoms with E-state index in [1.165, 1.54) is 0 Å². The number of hydrogen-bond acceptors (Lipinski definition) is 3. The third-order valence-corrected chi connectivity index (χ3v) is 3.15. The number of aliphatic carboxylic acids is 1. The summed E-state index contributed by atoms with van der Waals surface area (Å²) in [4.78, 5) is 24.5. The second kappa shape index (κ2) is 7.20. The third kappa shape index (κ3) is 4.18. The molecule has 0 saturated carbocycles. The smallest absolute Gasteiger partial charge is 0.326 e. The normalized spacial score (nSPS) is 20.8. The van der Waals surface area contributed by atoms with Crippen molar-refractivity contribution in [2.75, 3.05) is 26.8 Å². The summed E-state index contributed by atoms with van der Waals surface area (Å²) in [6.45, 7) is 3.84. The standard InChI is InChI=1S/C12H22N2O4/c1-3-4-10(11(15)16)13-12(17)14-6-5-9(7-14)8-18-2/h9-10H,3-8H2,1-2H3,(H,13,17)(H,15,16). The molecule has 0 bridgehead atoms. The number of nitrogens with zero attached hydrogens (tertiary/aromatic N) is 1. The minimum Gasteiger partial charge on any atom is -0.480 e. The van der Waals surface area contributed by atoms with Crippen LogP contribution in [-0.2, 0) is 9.53 Å². The zero-order chi connectivity index (χ0) is 13.5. The topological polar surface area (TPSA) is 78.9 Å². The molecule has 104 valence electrons. The Kier molecular flexibility index (Phi) is 5.91. The van der Waals surface area contributed by atoms with E-state index < -0.39 is 12.0 Å². The van der Waals surface area contributed by atoms with Gasteiger partial charge in [0.2, 0.25) is 0 Å². The Morgan fingerprint density at radius 2 is 2.28 bits per heavy atom. The lowest BCUT2D eigenvalue weighted by Crippen LogP contribution is -2.47. The third-order valence-electron chi connectivity index (χ3n) is 3.15. The molecule has 1 rings (SSSR count). The SMILES string of the molecule is CCCC(NC(=O)N1CCC(COC)C1)C(=O)O. The molecular weight excluding hydrogens is 236 g/mol. The summed E-state index contributed by atoms with van der Waals surface area (Å²) in [5.41, 5.74) is 0. The maximum atomic E-state index is 11.9. The summed E-state index contributed by atoms with van der Waals surface area (Å²) in [5.74, 6) is -0.618. The molecule has 0 aliphatic carbocycles. The van der Waals surface area contributed by atoms with Crippen LogP contribution in [0.1, 0.15) is 26.2 Å². The minimum absolute atomic E-state index is 0.283. The number of carboxylic acid groups (broad SMARTS) is 1. The van der Waals surface area contributed by atoms with E-state index in [4.69, 9.17) is 9.84 Å². The van der Waals surface area contributed by atoms with Crippen LogP contribution in [0, 0.1) is 5.92 Å². The highest BCUT2D eigenvalue weighted by Crippen LogP contribution is 2.16. The highest BCUT2D eigenvalue weighted by molar-refractivity contribution is 5.82. The molecule has 1 aliphatic heterocycles. The Bertz CT molecular complexity index is 296. The van der Waals surface area contributed by atoms with Gasteiger partial charge in [-0.3, -0.25) is 0 Å². The van der Waals surface area contributed by atoms with Crippen molar-refractivity contribution in [2.24, 2.45) is 5.92 Å². The number of rotatable bonds is 6. The molecule has 0 aromatic rings. The van der Waals surface area contributed by atoms with Gasteiger partial charge >= 0.3 is 12.0 Å². The number of urea groups is 1. The van der Waals surface area contributed by atoms with E-state index in [2.05, 4.69) is 5.32 Å². The van der Waals surface area contributed by atoms with Gasteiger partial charge in [-0.2, -0.15) is 0 Å². The van der Waals surface area contributed by atoms with Crippen molar-refractivity contribution >= 4 is 12.0 Å². The first-order valence-corrected chi connectivity index (χ1v) is 6.35. The molecular formula is C12H22N2O4. The lowest BCUT2D eigenvalue weighted by molar-refractivity contribution is -0.139. The van der Waals surface area contributed by atoms with Crippen molar-refractivity contribution in [3.05, 3.63) is 0 Å². The Hall–Kier alpha value is -1.30. The molecule has 0 aromatic carbocycles. The van der Waals surface area contributed by atoms with Crippen molar-refractivity contribution in [3.63, 3.8) is 0 Å². The molecule has 0 spiro atoms. The van der Waals surface area contributed by atoms with Gasteiger partial charge in [0.05, 0.1) is 6.61 Å². The maximum absolute atomic E-state index is 11.9. The lowest BCUT2D eigenvalue weighted by atomic mass is 10.1. The van der Waals surface area contributed by atoms with Crippen LogP contribution in [0.4, 0.5) is 4.79 Å². The molecule has 6 heteroatoms. The second-order valence-corrected chi connectivity index (χ2v) is 4.69. The number of nitrogens with one attached hydrogen (secondary N) is 1. The van der Waals surface area contributed by atoms with E-state index in [0.717, 1.165) is 12.8 Å². The molecule has 6 nitrogen and oxygen atoms in total. The number of hydrogen-bond donors (Lipinski definition) is 2. The number of carboxylic acids is 1. The Morgan fingerprint density at radius 3 is 2.83 bits per heavy atom. The first-order valence-electron chi connectivity index (χ1n) is 6.35. The van der Waals surface area contributed by atoms with Crippen molar-refractivity contribution in [2.45, 2.75) is 32.2 Å². The van der Waals surface area contributed by atoms with Crippen LogP contribution in [0.5, 0.6) is 0 Å². The fourth-order valence-electron chi connectivity index (χ4n) is 2.18. The molecule has 2 atom stereocenters. The van der Waals surface area contributed by atoms with Gasteiger partial charge in [0.25, 0.3) is 0 Å². The molecule has 1 fully saturated rings. The molecule has 1 heterocycles. The average molecular weight is 258 g/mol. The number of carbonyl (C=O) groups is 2. The minimum atomic E-state index is -0.974. The van der Waals surface area contributed by atoms with E-state index in [9.17, 15) is 9.59 Å². The number of carbonyl (C=O) groups excluding carboxylic acids is 1. The predicted molar refractivity (Wildman–Crippen MR) is 66.4 cm³/mol. The van der Waals surface area contributed by atoms with Crippen LogP contribution in [0.2, 0.25) is 0 Å². The molecule has 1 aliphatic rings. The largest absolute Gasteiger partial charge is 0.480 e. The quantitative estimate of drug-likeness (QED) is 0.742. The summed E-state index contributed by atoms with van der Waals surface area (Å²) in [6.07, 6.45) is 2.09. The van der Waals surface area contributed by atoms with Gasteiger partial charge in [-0.15, -0.1) is 0 Å². The molecule has 18 heavy (non-hydrogen) atoms. The van der Waals surface area contributed by atoms with Crippen LogP contribution in [0.15, 0.2) is 0 Å². The summed E-state index contributed by atoms with van der Waals surface area (Å²) >= 11 is 0. The zero-order valence-corrected chi connectivity index (χ0v) is 11.0. The number of methoxy groups -OCH3 is 1. The van der Waals surface area contributed by atoms with Crippen molar-refractivity contribution in [3.8, 4) is 0 Å². The zero-order valence-electron chi connectivity index (χ0n) is 11.0. The number of amides is 2. The number of likely N-dealkylation sites (tertiary alicyclic amines) is 1. The Balaban J connectivity index is 2.42.